The smallest absolute Gasteiger partial charge is 0.226 e. The average Bonchev–Trinajstić information content (AvgIpc) is 2.52. The highest BCUT2D eigenvalue weighted by Gasteiger charge is 2.32. The number of rotatable bonds is 4. The predicted octanol–water partition coefficient (Wildman–Crippen LogP) is 2.54. The fourth-order valence-corrected chi connectivity index (χ4v) is 2.76. The van der Waals surface area contributed by atoms with Crippen LogP contribution in [0, 0.1) is 29.3 Å². The number of carbonyl (C=O) groups excluding carboxylic acids is 2. The Morgan fingerprint density at radius 1 is 1.21 bits per heavy atom. The first kappa shape index (κ1) is 20.4. The van der Waals surface area contributed by atoms with Gasteiger partial charge in [0.05, 0.1) is 5.56 Å². The summed E-state index contributed by atoms with van der Waals surface area (Å²) in [6.07, 6.45) is 0.635. The Labute approximate surface area is 144 Å². The van der Waals surface area contributed by atoms with Crippen LogP contribution in [0.5, 0.6) is 0 Å². The van der Waals surface area contributed by atoms with E-state index >= 15 is 0 Å². The van der Waals surface area contributed by atoms with E-state index in [-0.39, 0.29) is 30.8 Å². The van der Waals surface area contributed by atoms with Crippen LogP contribution < -0.4 is 5.73 Å². The summed E-state index contributed by atoms with van der Waals surface area (Å²) in [5.41, 5.74) is 4.76. The van der Waals surface area contributed by atoms with Gasteiger partial charge in [0.25, 0.3) is 0 Å². The van der Waals surface area contributed by atoms with Gasteiger partial charge in [-0.15, -0.1) is 12.4 Å². The quantitative estimate of drug-likeness (QED) is 0.835. The molecule has 1 aromatic carbocycles. The molecule has 1 unspecified atom stereocenters. The first-order valence-electron chi connectivity index (χ1n) is 7.52. The molecule has 1 atom stereocenters. The summed E-state index contributed by atoms with van der Waals surface area (Å²) < 4.78 is 40.3. The number of nitrogens with two attached hydrogens (primary N) is 1. The number of amides is 1. The Morgan fingerprint density at radius 3 is 2.17 bits per heavy atom. The molecule has 0 radical (unpaired) electrons. The zero-order valence-corrected chi connectivity index (χ0v) is 14.0. The summed E-state index contributed by atoms with van der Waals surface area (Å²) >= 11 is 0. The molecule has 1 amide bonds. The van der Waals surface area contributed by atoms with E-state index in [1.807, 2.05) is 0 Å². The predicted molar refractivity (Wildman–Crippen MR) is 85.4 cm³/mol. The number of carbonyl (C=O) groups is 2. The van der Waals surface area contributed by atoms with Gasteiger partial charge in [-0.1, -0.05) is 6.92 Å². The van der Waals surface area contributed by atoms with Gasteiger partial charge in [0, 0.05) is 43.6 Å². The van der Waals surface area contributed by atoms with Crippen LogP contribution in [0.4, 0.5) is 13.2 Å². The molecule has 0 spiro atoms. The van der Waals surface area contributed by atoms with Gasteiger partial charge >= 0.3 is 0 Å². The van der Waals surface area contributed by atoms with E-state index < -0.39 is 34.7 Å². The third-order valence-corrected chi connectivity index (χ3v) is 4.21. The van der Waals surface area contributed by atoms with Gasteiger partial charge in [-0.2, -0.15) is 0 Å². The molecule has 0 bridgehead atoms. The monoisotopic (exact) mass is 364 g/mol. The molecule has 1 aliphatic rings. The van der Waals surface area contributed by atoms with E-state index in [2.05, 4.69) is 0 Å². The number of piperidine rings is 1. The van der Waals surface area contributed by atoms with E-state index in [1.54, 1.807) is 11.8 Å². The van der Waals surface area contributed by atoms with Gasteiger partial charge < -0.3 is 10.6 Å². The van der Waals surface area contributed by atoms with Crippen molar-refractivity contribution in [3.63, 3.8) is 0 Å². The van der Waals surface area contributed by atoms with Crippen molar-refractivity contribution in [2.24, 2.45) is 17.6 Å². The van der Waals surface area contributed by atoms with E-state index in [9.17, 15) is 22.8 Å². The van der Waals surface area contributed by atoms with Crippen LogP contribution in [0.15, 0.2) is 12.1 Å². The molecule has 134 valence electrons. The van der Waals surface area contributed by atoms with E-state index in [1.165, 1.54) is 0 Å². The Morgan fingerprint density at radius 2 is 1.71 bits per heavy atom. The minimum Gasteiger partial charge on any atom is -0.342 e. The molecule has 24 heavy (non-hydrogen) atoms. The lowest BCUT2D eigenvalue weighted by Crippen LogP contribution is -2.44. The number of ketones is 1. The number of benzene rings is 1. The maximum absolute atomic E-state index is 13.7. The fourth-order valence-electron chi connectivity index (χ4n) is 2.76. The number of nitrogens with zero attached hydrogens (tertiary/aromatic N) is 1. The SMILES string of the molecule is CC(CN)C(=O)N1CCC(C(=O)c2c(F)cc(F)cc2F)CC1.Cl. The molecular weight excluding hydrogens is 345 g/mol. The van der Waals surface area contributed by atoms with Crippen LogP contribution in [0.25, 0.3) is 0 Å². The van der Waals surface area contributed by atoms with Gasteiger partial charge in [-0.05, 0) is 12.8 Å². The zero-order valence-electron chi connectivity index (χ0n) is 13.2. The normalized spacial score (nSPS) is 16.5. The molecule has 1 fully saturated rings. The molecule has 0 saturated carbocycles. The summed E-state index contributed by atoms with van der Waals surface area (Å²) in [6, 6.07) is 0.996. The van der Waals surface area contributed by atoms with Crippen molar-refractivity contribution in [3.05, 3.63) is 35.1 Å². The summed E-state index contributed by atoms with van der Waals surface area (Å²) in [5.74, 6) is -5.09. The second kappa shape index (κ2) is 8.48. The van der Waals surface area contributed by atoms with Crippen LogP contribution in [0.2, 0.25) is 0 Å². The van der Waals surface area contributed by atoms with Crippen molar-refractivity contribution in [1.29, 1.82) is 0 Å². The Bertz CT molecular complexity index is 596. The molecule has 2 rings (SSSR count). The molecule has 4 nitrogen and oxygen atoms in total. The second-order valence-electron chi connectivity index (χ2n) is 5.84. The summed E-state index contributed by atoms with van der Waals surface area (Å²) in [5, 5.41) is 0. The lowest BCUT2D eigenvalue weighted by atomic mass is 9.88. The minimum absolute atomic E-state index is 0. The van der Waals surface area contributed by atoms with E-state index in [4.69, 9.17) is 5.73 Å². The molecular formula is C16H20ClF3N2O2. The number of Topliss-reactive ketones (excluding diaryl/α,β-unsaturated/α-hetero) is 1. The topological polar surface area (TPSA) is 63.4 Å². The molecule has 8 heteroatoms. The Kier molecular flexibility index (Phi) is 7.23. The van der Waals surface area contributed by atoms with Crippen molar-refractivity contribution in [2.75, 3.05) is 19.6 Å². The summed E-state index contributed by atoms with van der Waals surface area (Å²) in [4.78, 5) is 25.9. The average molecular weight is 365 g/mol. The van der Waals surface area contributed by atoms with Crippen LogP contribution in [0.1, 0.15) is 30.1 Å². The van der Waals surface area contributed by atoms with Gasteiger partial charge in [0.2, 0.25) is 5.91 Å². The third kappa shape index (κ3) is 4.27. The van der Waals surface area contributed by atoms with E-state index in [0.29, 0.717) is 38.1 Å². The molecule has 0 aliphatic carbocycles. The van der Waals surface area contributed by atoms with Crippen LogP contribution in [0.3, 0.4) is 0 Å². The first-order chi connectivity index (χ1) is 10.8. The van der Waals surface area contributed by atoms with Gasteiger partial charge in [0.15, 0.2) is 5.78 Å². The number of halogens is 4. The third-order valence-electron chi connectivity index (χ3n) is 4.21. The highest BCUT2D eigenvalue weighted by molar-refractivity contribution is 5.98. The fraction of sp³-hybridized carbons (Fsp3) is 0.500. The molecule has 2 N–H and O–H groups in total. The highest BCUT2D eigenvalue weighted by Crippen LogP contribution is 2.26. The van der Waals surface area contributed by atoms with Gasteiger partial charge in [0.1, 0.15) is 17.5 Å². The number of hydrogen-bond acceptors (Lipinski definition) is 3. The number of hydrogen-bond donors (Lipinski definition) is 1. The second-order valence-corrected chi connectivity index (χ2v) is 5.84. The zero-order chi connectivity index (χ0) is 17.1. The summed E-state index contributed by atoms with van der Waals surface area (Å²) in [7, 11) is 0. The van der Waals surface area contributed by atoms with Crippen molar-refractivity contribution < 1.29 is 22.8 Å². The molecule has 1 aliphatic heterocycles. The lowest BCUT2D eigenvalue weighted by Gasteiger charge is -2.33. The lowest BCUT2D eigenvalue weighted by molar-refractivity contribution is -0.135. The Hall–Kier alpha value is -1.60. The van der Waals surface area contributed by atoms with Crippen molar-refractivity contribution in [3.8, 4) is 0 Å². The van der Waals surface area contributed by atoms with Crippen molar-refractivity contribution in [2.45, 2.75) is 19.8 Å². The maximum Gasteiger partial charge on any atom is 0.226 e. The molecule has 1 heterocycles. The standard InChI is InChI=1S/C16H19F3N2O2.ClH/c1-9(8-20)16(23)21-4-2-10(3-5-21)15(22)14-12(18)6-11(17)7-13(14)19;/h6-7,9-10H,2-5,8,20H2,1H3;1H. The number of likely N-dealkylation sites (tertiary alicyclic amines) is 1. The van der Waals surface area contributed by atoms with Crippen LogP contribution >= 0.6 is 12.4 Å². The summed E-state index contributed by atoms with van der Waals surface area (Å²) in [6.45, 7) is 2.64. The Balaban J connectivity index is 0.00000288. The van der Waals surface area contributed by atoms with Gasteiger partial charge in [-0.25, -0.2) is 13.2 Å². The van der Waals surface area contributed by atoms with Crippen LogP contribution in [-0.4, -0.2) is 36.2 Å². The largest absolute Gasteiger partial charge is 0.342 e. The van der Waals surface area contributed by atoms with Crippen molar-refractivity contribution in [1.82, 2.24) is 4.90 Å². The molecule has 1 saturated heterocycles. The van der Waals surface area contributed by atoms with Gasteiger partial charge in [-0.3, -0.25) is 9.59 Å². The molecule has 0 aromatic heterocycles. The van der Waals surface area contributed by atoms with Crippen molar-refractivity contribution >= 4 is 24.1 Å². The first-order valence-corrected chi connectivity index (χ1v) is 7.52. The van der Waals surface area contributed by atoms with E-state index in [0.717, 1.165) is 0 Å². The molecule has 1 aromatic rings. The van der Waals surface area contributed by atoms with Crippen LogP contribution in [-0.2, 0) is 4.79 Å². The maximum atomic E-state index is 13.7. The highest BCUT2D eigenvalue weighted by atomic mass is 35.5. The minimum atomic E-state index is -1.19.